The standard InChI is InChI=1S/C34H22N4O/c1-4-11-24(12-5-1)31-36-32(25-13-6-2-7-14-25)38-33(37-31)26-21-19-23(20-22-26)28-17-10-18-29-30(28)39-34(35-29)27-15-8-3-9-16-27/h1-22H. The number of benzene rings is 5. The third-order valence-corrected chi connectivity index (χ3v) is 6.59. The number of fused-ring (bicyclic) bond motifs is 1. The molecule has 0 N–H and O–H groups in total. The van der Waals surface area contributed by atoms with Gasteiger partial charge in [0.1, 0.15) is 5.52 Å². The molecule has 0 radical (unpaired) electrons. The zero-order chi connectivity index (χ0) is 26.0. The van der Waals surface area contributed by atoms with Crippen molar-refractivity contribution in [3.05, 3.63) is 133 Å². The summed E-state index contributed by atoms with van der Waals surface area (Å²) in [6.45, 7) is 0. The smallest absolute Gasteiger partial charge is 0.227 e. The van der Waals surface area contributed by atoms with E-state index in [2.05, 4.69) is 18.2 Å². The van der Waals surface area contributed by atoms with Crippen LogP contribution in [0.2, 0.25) is 0 Å². The van der Waals surface area contributed by atoms with E-state index in [1.54, 1.807) is 0 Å². The van der Waals surface area contributed by atoms with Gasteiger partial charge in [-0.1, -0.05) is 115 Å². The van der Waals surface area contributed by atoms with Crippen LogP contribution in [0, 0.1) is 0 Å². The van der Waals surface area contributed by atoms with Crippen LogP contribution in [0.4, 0.5) is 0 Å². The number of nitrogens with zero attached hydrogens (tertiary/aromatic N) is 4. The molecule has 0 saturated carbocycles. The SMILES string of the molecule is c1ccc(-c2nc(-c3ccccc3)nc(-c3ccc(-c4cccc5nc(-c6ccccc6)oc45)cc3)n2)cc1. The Balaban J connectivity index is 1.29. The quantitative estimate of drug-likeness (QED) is 0.237. The highest BCUT2D eigenvalue weighted by Gasteiger charge is 2.15. The van der Waals surface area contributed by atoms with Gasteiger partial charge in [0.15, 0.2) is 23.1 Å². The number of oxazole rings is 1. The minimum absolute atomic E-state index is 0.613. The second-order valence-corrected chi connectivity index (χ2v) is 9.15. The lowest BCUT2D eigenvalue weighted by Crippen LogP contribution is -2.00. The van der Waals surface area contributed by atoms with Gasteiger partial charge in [0.2, 0.25) is 5.89 Å². The maximum atomic E-state index is 6.24. The molecule has 0 spiro atoms. The molecule has 0 saturated heterocycles. The summed E-state index contributed by atoms with van der Waals surface area (Å²) in [5.74, 6) is 2.52. The molecule has 184 valence electrons. The number of hydrogen-bond donors (Lipinski definition) is 0. The summed E-state index contributed by atoms with van der Waals surface area (Å²) in [5.41, 5.74) is 7.36. The van der Waals surface area contributed by atoms with Gasteiger partial charge >= 0.3 is 0 Å². The minimum atomic E-state index is 0.613. The fraction of sp³-hybridized carbons (Fsp3) is 0. The molecular weight excluding hydrogens is 480 g/mol. The van der Waals surface area contributed by atoms with Crippen LogP contribution in [0.15, 0.2) is 138 Å². The first-order valence-electron chi connectivity index (χ1n) is 12.7. The molecule has 39 heavy (non-hydrogen) atoms. The second-order valence-electron chi connectivity index (χ2n) is 9.15. The molecular formula is C34H22N4O. The van der Waals surface area contributed by atoms with Crippen molar-refractivity contribution in [2.75, 3.05) is 0 Å². The van der Waals surface area contributed by atoms with E-state index in [1.165, 1.54) is 0 Å². The zero-order valence-corrected chi connectivity index (χ0v) is 20.9. The molecule has 0 aliphatic rings. The Kier molecular flexibility index (Phi) is 5.72. The first-order valence-corrected chi connectivity index (χ1v) is 12.7. The van der Waals surface area contributed by atoms with Crippen molar-refractivity contribution >= 4 is 11.1 Å². The number of aromatic nitrogens is 4. The van der Waals surface area contributed by atoms with Crippen molar-refractivity contribution < 1.29 is 4.42 Å². The summed E-state index contributed by atoms with van der Waals surface area (Å²) < 4.78 is 6.24. The molecule has 5 heteroatoms. The van der Waals surface area contributed by atoms with E-state index in [0.29, 0.717) is 23.4 Å². The number of hydrogen-bond acceptors (Lipinski definition) is 5. The van der Waals surface area contributed by atoms with Crippen LogP contribution in [-0.2, 0) is 0 Å². The fourth-order valence-corrected chi connectivity index (χ4v) is 4.62. The molecule has 0 unspecified atom stereocenters. The third-order valence-electron chi connectivity index (χ3n) is 6.59. The molecule has 7 rings (SSSR count). The van der Waals surface area contributed by atoms with Crippen molar-refractivity contribution in [3.63, 3.8) is 0 Å². The van der Waals surface area contributed by atoms with Crippen molar-refractivity contribution in [1.82, 2.24) is 19.9 Å². The molecule has 5 nitrogen and oxygen atoms in total. The maximum Gasteiger partial charge on any atom is 0.227 e. The van der Waals surface area contributed by atoms with E-state index in [-0.39, 0.29) is 0 Å². The summed E-state index contributed by atoms with van der Waals surface area (Å²) >= 11 is 0. The van der Waals surface area contributed by atoms with Gasteiger partial charge in [0.25, 0.3) is 0 Å². The fourth-order valence-electron chi connectivity index (χ4n) is 4.62. The van der Waals surface area contributed by atoms with Crippen LogP contribution in [-0.4, -0.2) is 19.9 Å². The highest BCUT2D eigenvalue weighted by atomic mass is 16.3. The van der Waals surface area contributed by atoms with Crippen molar-refractivity contribution in [2.24, 2.45) is 0 Å². The summed E-state index contributed by atoms with van der Waals surface area (Å²) in [7, 11) is 0. The predicted molar refractivity (Wildman–Crippen MR) is 155 cm³/mol. The van der Waals surface area contributed by atoms with Crippen LogP contribution >= 0.6 is 0 Å². The molecule has 0 atom stereocenters. The van der Waals surface area contributed by atoms with Crippen molar-refractivity contribution in [1.29, 1.82) is 0 Å². The topological polar surface area (TPSA) is 64.7 Å². The Morgan fingerprint density at radius 2 is 0.821 bits per heavy atom. The Labute approximate surface area is 225 Å². The largest absolute Gasteiger partial charge is 0.435 e. The molecule has 0 aliphatic carbocycles. The average molecular weight is 503 g/mol. The van der Waals surface area contributed by atoms with Gasteiger partial charge in [0.05, 0.1) is 0 Å². The molecule has 0 aliphatic heterocycles. The van der Waals surface area contributed by atoms with Crippen LogP contribution in [0.25, 0.3) is 67.8 Å². The van der Waals surface area contributed by atoms with Gasteiger partial charge in [0, 0.05) is 27.8 Å². The van der Waals surface area contributed by atoms with E-state index in [9.17, 15) is 0 Å². The van der Waals surface area contributed by atoms with Gasteiger partial charge < -0.3 is 4.42 Å². The summed E-state index contributed by atoms with van der Waals surface area (Å²) in [6, 6.07) is 44.2. The van der Waals surface area contributed by atoms with Crippen LogP contribution in [0.3, 0.4) is 0 Å². The zero-order valence-electron chi connectivity index (χ0n) is 20.9. The van der Waals surface area contributed by atoms with E-state index in [1.807, 2.05) is 115 Å². The van der Waals surface area contributed by atoms with E-state index < -0.39 is 0 Å². The molecule has 7 aromatic rings. The van der Waals surface area contributed by atoms with Crippen LogP contribution in [0.5, 0.6) is 0 Å². The average Bonchev–Trinajstić information content (AvgIpc) is 3.47. The Morgan fingerprint density at radius 3 is 1.36 bits per heavy atom. The molecule has 2 heterocycles. The van der Waals surface area contributed by atoms with Crippen molar-refractivity contribution in [3.8, 4) is 56.7 Å². The lowest BCUT2D eigenvalue weighted by atomic mass is 10.0. The van der Waals surface area contributed by atoms with Gasteiger partial charge in [-0.05, 0) is 23.8 Å². The first kappa shape index (κ1) is 22.8. The molecule has 0 fully saturated rings. The van der Waals surface area contributed by atoms with E-state index >= 15 is 0 Å². The molecule has 0 bridgehead atoms. The van der Waals surface area contributed by atoms with Gasteiger partial charge in [-0.3, -0.25) is 0 Å². The normalized spacial score (nSPS) is 11.1. The Bertz CT molecular complexity index is 1820. The van der Waals surface area contributed by atoms with E-state index in [4.69, 9.17) is 24.4 Å². The minimum Gasteiger partial charge on any atom is -0.435 e. The molecule has 0 amide bonds. The highest BCUT2D eigenvalue weighted by Crippen LogP contribution is 2.33. The van der Waals surface area contributed by atoms with Gasteiger partial charge in [-0.15, -0.1) is 0 Å². The number of para-hydroxylation sites is 1. The highest BCUT2D eigenvalue weighted by molar-refractivity contribution is 5.91. The maximum absolute atomic E-state index is 6.24. The van der Waals surface area contributed by atoms with E-state index in [0.717, 1.165) is 44.5 Å². The van der Waals surface area contributed by atoms with Gasteiger partial charge in [-0.2, -0.15) is 0 Å². The monoisotopic (exact) mass is 502 g/mol. The Hall–Kier alpha value is -5.42. The predicted octanol–water partition coefficient (Wildman–Crippen LogP) is 8.35. The lowest BCUT2D eigenvalue weighted by molar-refractivity contribution is 0.621. The van der Waals surface area contributed by atoms with Crippen LogP contribution in [0.1, 0.15) is 0 Å². The van der Waals surface area contributed by atoms with Gasteiger partial charge in [-0.25, -0.2) is 19.9 Å². The lowest BCUT2D eigenvalue weighted by Gasteiger charge is -2.09. The summed E-state index contributed by atoms with van der Waals surface area (Å²) in [5, 5.41) is 0. The molecule has 5 aromatic carbocycles. The van der Waals surface area contributed by atoms with Crippen molar-refractivity contribution in [2.45, 2.75) is 0 Å². The second kappa shape index (κ2) is 9.80. The Morgan fingerprint density at radius 1 is 0.359 bits per heavy atom. The summed E-state index contributed by atoms with van der Waals surface area (Å²) in [4.78, 5) is 19.2. The molecule has 2 aromatic heterocycles. The first-order chi connectivity index (χ1) is 19.3. The third kappa shape index (κ3) is 4.47. The summed E-state index contributed by atoms with van der Waals surface area (Å²) in [6.07, 6.45) is 0. The van der Waals surface area contributed by atoms with Crippen LogP contribution < -0.4 is 0 Å². The number of rotatable bonds is 5.